The number of aromatic nitrogens is 6. The Kier molecular flexibility index (Phi) is 8.83. The normalized spacial score (nSPS) is 11.3. The number of pyridine rings is 2. The van der Waals surface area contributed by atoms with Crippen molar-refractivity contribution in [3.8, 4) is 62.9 Å². The summed E-state index contributed by atoms with van der Waals surface area (Å²) in [6.45, 7) is 7.56. The van der Waals surface area contributed by atoms with Crippen molar-refractivity contribution in [1.82, 2.24) is 29.1 Å². The van der Waals surface area contributed by atoms with E-state index in [1.54, 1.807) is 31.9 Å². The van der Waals surface area contributed by atoms with Gasteiger partial charge in [-0.15, -0.1) is 0 Å². The first-order valence-corrected chi connectivity index (χ1v) is 19.9. The van der Waals surface area contributed by atoms with E-state index in [-0.39, 0.29) is 0 Å². The summed E-state index contributed by atoms with van der Waals surface area (Å²) < 4.78 is 22.7. The van der Waals surface area contributed by atoms with Gasteiger partial charge >= 0.3 is 0 Å². The summed E-state index contributed by atoms with van der Waals surface area (Å²) in [4.78, 5) is 22.6. The molecule has 10 nitrogen and oxygen atoms in total. The Labute approximate surface area is 355 Å². The fraction of sp³-hybridized carbons (Fsp3) is 0.0192. The van der Waals surface area contributed by atoms with Crippen LogP contribution in [0.15, 0.2) is 183 Å². The van der Waals surface area contributed by atoms with Gasteiger partial charge in [0.25, 0.3) is 0 Å². The molecule has 0 saturated heterocycles. The van der Waals surface area contributed by atoms with Gasteiger partial charge in [0.1, 0.15) is 40.4 Å². The van der Waals surface area contributed by atoms with Crippen LogP contribution < -0.4 is 14.2 Å². The maximum atomic E-state index is 7.56. The predicted molar refractivity (Wildman–Crippen MR) is 243 cm³/mol. The third-order valence-electron chi connectivity index (χ3n) is 10.9. The van der Waals surface area contributed by atoms with Gasteiger partial charge in [0.15, 0.2) is 5.69 Å². The highest BCUT2D eigenvalue weighted by molar-refractivity contribution is 6.11. The van der Waals surface area contributed by atoms with E-state index in [2.05, 4.69) is 42.1 Å². The molecule has 294 valence electrons. The van der Waals surface area contributed by atoms with Crippen LogP contribution in [0, 0.1) is 6.57 Å². The molecule has 0 spiro atoms. The highest BCUT2D eigenvalue weighted by atomic mass is 16.5. The Hall–Kier alpha value is -8.81. The average Bonchev–Trinajstić information content (AvgIpc) is 3.83. The molecule has 0 bridgehead atoms. The minimum Gasteiger partial charge on any atom is -0.497 e. The molecule has 0 aliphatic carbocycles. The van der Waals surface area contributed by atoms with Gasteiger partial charge in [-0.3, -0.25) is 19.1 Å². The van der Waals surface area contributed by atoms with Crippen molar-refractivity contribution in [2.24, 2.45) is 0 Å². The zero-order valence-corrected chi connectivity index (χ0v) is 33.2. The average molecular weight is 804 g/mol. The Balaban J connectivity index is 0.853. The molecular formula is C52H33N7O3. The summed E-state index contributed by atoms with van der Waals surface area (Å²) >= 11 is 0. The molecule has 0 saturated carbocycles. The van der Waals surface area contributed by atoms with E-state index in [1.165, 1.54) is 0 Å². The molecule has 11 rings (SSSR count). The van der Waals surface area contributed by atoms with Crippen LogP contribution in [0.2, 0.25) is 0 Å². The van der Waals surface area contributed by atoms with Gasteiger partial charge in [-0.2, -0.15) is 0 Å². The van der Waals surface area contributed by atoms with Gasteiger partial charge in [0.05, 0.1) is 59.5 Å². The van der Waals surface area contributed by atoms with E-state index in [9.17, 15) is 0 Å². The monoisotopic (exact) mass is 803 g/mol. The minimum atomic E-state index is 0.586. The predicted octanol–water partition coefficient (Wildman–Crippen LogP) is 12.9. The summed E-state index contributed by atoms with van der Waals surface area (Å²) in [6.07, 6.45) is 7.12. The molecular weight excluding hydrogens is 771 g/mol. The summed E-state index contributed by atoms with van der Waals surface area (Å²) in [5.74, 6) is 5.08. The van der Waals surface area contributed by atoms with Crippen LogP contribution in [0.25, 0.3) is 82.6 Å². The topological polar surface area (TPSA) is 93.5 Å². The molecule has 5 heterocycles. The van der Waals surface area contributed by atoms with Gasteiger partial charge < -0.3 is 14.2 Å². The van der Waals surface area contributed by atoms with Crippen molar-refractivity contribution in [2.75, 3.05) is 7.11 Å². The number of methoxy groups -OCH3 is 1. The molecule has 62 heavy (non-hydrogen) atoms. The van der Waals surface area contributed by atoms with Crippen molar-refractivity contribution in [3.05, 3.63) is 194 Å². The number of nitrogens with zero attached hydrogens (tertiary/aromatic N) is 7. The van der Waals surface area contributed by atoms with E-state index in [1.807, 2.05) is 140 Å². The van der Waals surface area contributed by atoms with Crippen molar-refractivity contribution >= 4 is 49.3 Å². The highest BCUT2D eigenvalue weighted by Crippen LogP contribution is 2.39. The third-order valence-corrected chi connectivity index (χ3v) is 10.9. The zero-order chi connectivity index (χ0) is 41.6. The highest BCUT2D eigenvalue weighted by Gasteiger charge is 2.17. The second kappa shape index (κ2) is 15.1. The first kappa shape index (κ1) is 36.3. The summed E-state index contributed by atoms with van der Waals surface area (Å²) in [7, 11) is 1.68. The molecule has 0 unspecified atom stereocenters. The maximum Gasteiger partial charge on any atom is 0.188 e. The SMILES string of the molecule is [C-]#[N+]c1ccc2c(c1)c1ccc(Oc3cccc(-c4cnc(-c5cccc(Oc6ccc7c8cc(OC)ccc8n(-c8ccccn8)c7c6)c5)cn4)c3)cc1n2-c1ccccn1. The van der Waals surface area contributed by atoms with Crippen molar-refractivity contribution in [2.45, 2.75) is 0 Å². The zero-order valence-electron chi connectivity index (χ0n) is 33.2. The molecule has 0 N–H and O–H groups in total. The number of rotatable bonds is 9. The van der Waals surface area contributed by atoms with Crippen molar-refractivity contribution < 1.29 is 14.2 Å². The fourth-order valence-electron chi connectivity index (χ4n) is 8.09. The molecule has 5 aromatic heterocycles. The molecule has 0 atom stereocenters. The number of fused-ring (bicyclic) bond motifs is 6. The lowest BCUT2D eigenvalue weighted by atomic mass is 10.1. The van der Waals surface area contributed by atoms with Crippen molar-refractivity contribution in [1.29, 1.82) is 0 Å². The van der Waals surface area contributed by atoms with Gasteiger partial charge in [0.2, 0.25) is 0 Å². The fourth-order valence-corrected chi connectivity index (χ4v) is 8.09. The van der Waals surface area contributed by atoms with Gasteiger partial charge in [-0.05, 0) is 109 Å². The van der Waals surface area contributed by atoms with E-state index in [4.69, 9.17) is 30.8 Å². The smallest absolute Gasteiger partial charge is 0.188 e. The second-order valence-electron chi connectivity index (χ2n) is 14.6. The quantitative estimate of drug-likeness (QED) is 0.134. The molecule has 0 amide bonds. The first-order valence-electron chi connectivity index (χ1n) is 19.9. The molecule has 0 radical (unpaired) electrons. The number of hydrogen-bond acceptors (Lipinski definition) is 7. The summed E-state index contributed by atoms with van der Waals surface area (Å²) in [5.41, 5.74) is 7.64. The molecule has 0 aliphatic heterocycles. The van der Waals surface area contributed by atoms with E-state index in [0.717, 1.165) is 72.1 Å². The number of hydrogen-bond donors (Lipinski definition) is 0. The Morgan fingerprint density at radius 1 is 0.435 bits per heavy atom. The van der Waals surface area contributed by atoms with Gasteiger partial charge in [-0.1, -0.05) is 42.5 Å². The largest absolute Gasteiger partial charge is 0.497 e. The second-order valence-corrected chi connectivity index (χ2v) is 14.6. The molecule has 6 aromatic carbocycles. The Bertz CT molecular complexity index is 3520. The lowest BCUT2D eigenvalue weighted by Crippen LogP contribution is -1.96. The van der Waals surface area contributed by atoms with Crippen LogP contribution in [0.4, 0.5) is 5.69 Å². The van der Waals surface area contributed by atoms with E-state index in [0.29, 0.717) is 40.1 Å². The Morgan fingerprint density at radius 3 is 1.45 bits per heavy atom. The molecule has 10 heteroatoms. The van der Waals surface area contributed by atoms with Crippen LogP contribution in [0.1, 0.15) is 0 Å². The summed E-state index contributed by atoms with van der Waals surface area (Å²) in [6, 6.07) is 51.3. The lowest BCUT2D eigenvalue weighted by Gasteiger charge is -2.11. The van der Waals surface area contributed by atoms with Crippen LogP contribution in [-0.4, -0.2) is 36.2 Å². The maximum absolute atomic E-state index is 7.56. The molecule has 11 aromatic rings. The van der Waals surface area contributed by atoms with E-state index >= 15 is 0 Å². The van der Waals surface area contributed by atoms with Gasteiger partial charge in [-0.25, -0.2) is 14.8 Å². The molecule has 0 aliphatic rings. The standard InChI is InChI=1S/C52H33N7O3/c1-53-35-15-21-47-43(27-35)41-19-16-39(29-49(41)58(47)51-13-3-5-23-54-51)61-37-11-7-9-33(25-37)45-31-57-46(32-56-45)34-10-8-12-38(26-34)62-40-17-20-42-44-28-36(60-2)18-22-48(44)59(50(42)30-40)52-14-4-6-24-55-52/h3-32H,2H3. The number of ether oxygens (including phenoxy) is 3. The van der Waals surface area contributed by atoms with Crippen LogP contribution in [0.3, 0.4) is 0 Å². The van der Waals surface area contributed by atoms with Crippen LogP contribution in [-0.2, 0) is 0 Å². The van der Waals surface area contributed by atoms with Crippen LogP contribution in [0.5, 0.6) is 28.7 Å². The van der Waals surface area contributed by atoms with Crippen LogP contribution >= 0.6 is 0 Å². The lowest BCUT2D eigenvalue weighted by molar-refractivity contribution is 0.415. The van der Waals surface area contributed by atoms with E-state index < -0.39 is 0 Å². The molecule has 0 fully saturated rings. The van der Waals surface area contributed by atoms with Crippen molar-refractivity contribution in [3.63, 3.8) is 0 Å². The Morgan fingerprint density at radius 2 is 0.952 bits per heavy atom. The number of benzene rings is 6. The third kappa shape index (κ3) is 6.47. The summed E-state index contributed by atoms with van der Waals surface area (Å²) in [5, 5.41) is 4.12. The van der Waals surface area contributed by atoms with Gasteiger partial charge in [0, 0.05) is 51.8 Å². The first-order chi connectivity index (χ1) is 30.6. The minimum absolute atomic E-state index is 0.586.